The fraction of sp³-hybridized carbons (Fsp3) is 0.389. The fourth-order valence-corrected chi connectivity index (χ4v) is 2.73. The van der Waals surface area contributed by atoms with Gasteiger partial charge in [0.1, 0.15) is 11.5 Å². The van der Waals surface area contributed by atoms with Crippen molar-refractivity contribution in [1.82, 2.24) is 14.9 Å². The summed E-state index contributed by atoms with van der Waals surface area (Å²) in [6.07, 6.45) is 6.53. The first-order valence-corrected chi connectivity index (χ1v) is 8.09. The van der Waals surface area contributed by atoms with Crippen molar-refractivity contribution in [3.63, 3.8) is 0 Å². The number of aromatic nitrogens is 2. The van der Waals surface area contributed by atoms with Crippen LogP contribution in [0, 0.1) is 13.8 Å². The second-order valence-corrected chi connectivity index (χ2v) is 6.06. The number of hydrogen-bond donors (Lipinski definition) is 1. The minimum atomic E-state index is -0.0186. The lowest BCUT2D eigenvalue weighted by Gasteiger charge is -2.26. The fourth-order valence-electron chi connectivity index (χ4n) is 2.73. The van der Waals surface area contributed by atoms with Crippen LogP contribution in [0.1, 0.15) is 40.9 Å². The standard InChI is InChI=1S/C18H22N4O/c1-13-6-7-15(10-14(13)2)21-17-12-19-16(11-20-17)18(23)22-8-4-3-5-9-22/h6-7,10-12H,3-5,8-9H2,1-2H3,(H,20,21). The highest BCUT2D eigenvalue weighted by Gasteiger charge is 2.19. The van der Waals surface area contributed by atoms with Gasteiger partial charge in [-0.2, -0.15) is 0 Å². The molecule has 1 N–H and O–H groups in total. The molecule has 0 atom stereocenters. The zero-order valence-electron chi connectivity index (χ0n) is 13.7. The lowest BCUT2D eigenvalue weighted by Crippen LogP contribution is -2.36. The van der Waals surface area contributed by atoms with E-state index in [1.807, 2.05) is 11.0 Å². The molecule has 0 unspecified atom stereocenters. The molecule has 0 saturated carbocycles. The number of piperidine rings is 1. The van der Waals surface area contributed by atoms with E-state index in [0.29, 0.717) is 11.5 Å². The summed E-state index contributed by atoms with van der Waals surface area (Å²) in [7, 11) is 0. The van der Waals surface area contributed by atoms with E-state index in [2.05, 4.69) is 41.3 Å². The van der Waals surface area contributed by atoms with Crippen molar-refractivity contribution < 1.29 is 4.79 Å². The zero-order valence-corrected chi connectivity index (χ0v) is 13.7. The Labute approximate surface area is 136 Å². The molecule has 1 saturated heterocycles. The first-order chi connectivity index (χ1) is 11.1. The summed E-state index contributed by atoms with van der Waals surface area (Å²) >= 11 is 0. The highest BCUT2D eigenvalue weighted by Crippen LogP contribution is 2.18. The van der Waals surface area contributed by atoms with Crippen molar-refractivity contribution in [3.05, 3.63) is 47.4 Å². The number of carbonyl (C=O) groups is 1. The normalized spacial score (nSPS) is 14.6. The molecular weight excluding hydrogens is 288 g/mol. The number of rotatable bonds is 3. The molecule has 2 heterocycles. The summed E-state index contributed by atoms with van der Waals surface area (Å²) in [6.45, 7) is 5.80. The van der Waals surface area contributed by atoms with Crippen LogP contribution in [-0.4, -0.2) is 33.9 Å². The molecular formula is C18H22N4O. The summed E-state index contributed by atoms with van der Waals surface area (Å²) in [5, 5.41) is 3.22. The third kappa shape index (κ3) is 3.67. The van der Waals surface area contributed by atoms with Crippen LogP contribution in [0.25, 0.3) is 0 Å². The molecule has 1 aliphatic heterocycles. The number of nitrogens with zero attached hydrogens (tertiary/aromatic N) is 3. The third-order valence-electron chi connectivity index (χ3n) is 4.29. The van der Waals surface area contributed by atoms with Crippen molar-refractivity contribution >= 4 is 17.4 Å². The maximum absolute atomic E-state index is 12.4. The molecule has 1 fully saturated rings. The molecule has 2 aromatic rings. The van der Waals surface area contributed by atoms with Gasteiger partial charge < -0.3 is 10.2 Å². The predicted octanol–water partition coefficient (Wildman–Crippen LogP) is 3.46. The first-order valence-electron chi connectivity index (χ1n) is 8.09. The Hall–Kier alpha value is -2.43. The van der Waals surface area contributed by atoms with Gasteiger partial charge in [-0.05, 0) is 56.4 Å². The predicted molar refractivity (Wildman–Crippen MR) is 91.0 cm³/mol. The summed E-state index contributed by atoms with van der Waals surface area (Å²) in [5.41, 5.74) is 3.86. The van der Waals surface area contributed by atoms with E-state index < -0.39 is 0 Å². The first kappa shape index (κ1) is 15.5. The summed E-state index contributed by atoms with van der Waals surface area (Å²) in [4.78, 5) is 22.8. The minimum absolute atomic E-state index is 0.0186. The van der Waals surface area contributed by atoms with E-state index in [0.717, 1.165) is 31.6 Å². The van der Waals surface area contributed by atoms with Crippen LogP contribution in [0.15, 0.2) is 30.6 Å². The number of benzene rings is 1. The van der Waals surface area contributed by atoms with Crippen LogP contribution < -0.4 is 5.32 Å². The largest absolute Gasteiger partial charge is 0.339 e. The van der Waals surface area contributed by atoms with Gasteiger partial charge in [-0.1, -0.05) is 6.07 Å². The van der Waals surface area contributed by atoms with E-state index in [1.54, 1.807) is 12.4 Å². The Morgan fingerprint density at radius 2 is 1.83 bits per heavy atom. The van der Waals surface area contributed by atoms with Gasteiger partial charge in [0.15, 0.2) is 0 Å². The molecule has 5 nitrogen and oxygen atoms in total. The van der Waals surface area contributed by atoms with E-state index in [1.165, 1.54) is 17.5 Å². The van der Waals surface area contributed by atoms with Crippen LogP contribution >= 0.6 is 0 Å². The van der Waals surface area contributed by atoms with Crippen molar-refractivity contribution in [1.29, 1.82) is 0 Å². The van der Waals surface area contributed by atoms with E-state index in [9.17, 15) is 4.79 Å². The maximum atomic E-state index is 12.4. The van der Waals surface area contributed by atoms with Gasteiger partial charge >= 0.3 is 0 Å². The SMILES string of the molecule is Cc1ccc(Nc2cnc(C(=O)N3CCCCC3)cn2)cc1C. The van der Waals surface area contributed by atoms with Gasteiger partial charge in [0.25, 0.3) is 5.91 Å². The lowest BCUT2D eigenvalue weighted by molar-refractivity contribution is 0.0718. The molecule has 1 aliphatic rings. The van der Waals surface area contributed by atoms with E-state index >= 15 is 0 Å². The smallest absolute Gasteiger partial charge is 0.274 e. The average molecular weight is 310 g/mol. The molecule has 0 aliphatic carbocycles. The number of hydrogen-bond acceptors (Lipinski definition) is 4. The number of likely N-dealkylation sites (tertiary alicyclic amines) is 1. The molecule has 0 spiro atoms. The Morgan fingerprint density at radius 1 is 1.04 bits per heavy atom. The minimum Gasteiger partial charge on any atom is -0.339 e. The molecule has 0 radical (unpaired) electrons. The Morgan fingerprint density at radius 3 is 2.48 bits per heavy atom. The Kier molecular flexibility index (Phi) is 4.55. The topological polar surface area (TPSA) is 58.1 Å². The quantitative estimate of drug-likeness (QED) is 0.943. The Balaban J connectivity index is 1.68. The molecule has 0 bridgehead atoms. The molecule has 5 heteroatoms. The van der Waals surface area contributed by atoms with E-state index in [4.69, 9.17) is 0 Å². The molecule has 1 amide bonds. The summed E-state index contributed by atoms with van der Waals surface area (Å²) < 4.78 is 0. The number of amides is 1. The molecule has 1 aromatic heterocycles. The monoisotopic (exact) mass is 310 g/mol. The van der Waals surface area contributed by atoms with Crippen LogP contribution in [0.2, 0.25) is 0 Å². The molecule has 3 rings (SSSR count). The number of carbonyl (C=O) groups excluding carboxylic acids is 1. The number of anilines is 2. The zero-order chi connectivity index (χ0) is 16.2. The lowest BCUT2D eigenvalue weighted by atomic mass is 10.1. The highest BCUT2D eigenvalue weighted by atomic mass is 16.2. The number of nitrogens with one attached hydrogen (secondary N) is 1. The van der Waals surface area contributed by atoms with Crippen molar-refractivity contribution in [3.8, 4) is 0 Å². The van der Waals surface area contributed by atoms with Gasteiger partial charge in [0.2, 0.25) is 0 Å². The second kappa shape index (κ2) is 6.77. The van der Waals surface area contributed by atoms with Gasteiger partial charge in [-0.3, -0.25) is 4.79 Å². The molecule has 1 aromatic carbocycles. The van der Waals surface area contributed by atoms with Crippen molar-refractivity contribution in [2.45, 2.75) is 33.1 Å². The van der Waals surface area contributed by atoms with Crippen LogP contribution in [-0.2, 0) is 0 Å². The van der Waals surface area contributed by atoms with Gasteiger partial charge in [0, 0.05) is 18.8 Å². The van der Waals surface area contributed by atoms with Crippen LogP contribution in [0.4, 0.5) is 11.5 Å². The molecule has 120 valence electrons. The van der Waals surface area contributed by atoms with Crippen molar-refractivity contribution in [2.24, 2.45) is 0 Å². The maximum Gasteiger partial charge on any atom is 0.274 e. The summed E-state index contributed by atoms with van der Waals surface area (Å²) in [5.74, 6) is 0.623. The van der Waals surface area contributed by atoms with Crippen molar-refractivity contribution in [2.75, 3.05) is 18.4 Å². The molecule has 23 heavy (non-hydrogen) atoms. The second-order valence-electron chi connectivity index (χ2n) is 6.06. The number of aryl methyl sites for hydroxylation is 2. The van der Waals surface area contributed by atoms with Gasteiger partial charge in [0.05, 0.1) is 12.4 Å². The van der Waals surface area contributed by atoms with Crippen LogP contribution in [0.5, 0.6) is 0 Å². The van der Waals surface area contributed by atoms with Gasteiger partial charge in [-0.25, -0.2) is 9.97 Å². The Bertz CT molecular complexity index is 691. The third-order valence-corrected chi connectivity index (χ3v) is 4.29. The highest BCUT2D eigenvalue weighted by molar-refractivity contribution is 5.92. The van der Waals surface area contributed by atoms with Gasteiger partial charge in [-0.15, -0.1) is 0 Å². The van der Waals surface area contributed by atoms with E-state index in [-0.39, 0.29) is 5.91 Å². The summed E-state index contributed by atoms with van der Waals surface area (Å²) in [6, 6.07) is 6.15. The van der Waals surface area contributed by atoms with Crippen LogP contribution in [0.3, 0.4) is 0 Å². The average Bonchev–Trinajstić information content (AvgIpc) is 2.59.